The molecule has 0 unspecified atom stereocenters. The van der Waals surface area contributed by atoms with Gasteiger partial charge in [-0.25, -0.2) is 0 Å². The van der Waals surface area contributed by atoms with Gasteiger partial charge >= 0.3 is 0 Å². The van der Waals surface area contributed by atoms with E-state index in [-0.39, 0.29) is 0 Å². The van der Waals surface area contributed by atoms with Gasteiger partial charge in [0.25, 0.3) is 0 Å². The van der Waals surface area contributed by atoms with Crippen LogP contribution in [-0.2, 0) is 4.74 Å². The quantitative estimate of drug-likeness (QED) is 0.315. The first-order valence-corrected chi connectivity index (χ1v) is 4.33. The van der Waals surface area contributed by atoms with Crippen LogP contribution >= 0.6 is 0 Å². The second-order valence-electron chi connectivity index (χ2n) is 2.79. The second-order valence-corrected chi connectivity index (χ2v) is 2.79. The van der Waals surface area contributed by atoms with Gasteiger partial charge in [-0.1, -0.05) is 0 Å². The molecular formula is C9H19N3O. The molecule has 0 bridgehead atoms. The first-order chi connectivity index (χ1) is 6.16. The predicted octanol–water partition coefficient (Wildman–Crippen LogP) is 0.275. The molecule has 0 saturated heterocycles. The molecule has 0 aliphatic rings. The van der Waals surface area contributed by atoms with E-state index >= 15 is 0 Å². The van der Waals surface area contributed by atoms with Gasteiger partial charge in [-0.05, 0) is 39.1 Å². The highest BCUT2D eigenvalue weighted by molar-refractivity contribution is 5.09. The third kappa shape index (κ3) is 8.75. The van der Waals surface area contributed by atoms with Crippen LogP contribution in [0.5, 0.6) is 0 Å². The Kier molecular flexibility index (Phi) is 6.82. The summed E-state index contributed by atoms with van der Waals surface area (Å²) >= 11 is 0. The van der Waals surface area contributed by atoms with E-state index in [1.54, 1.807) is 19.1 Å². The Morgan fingerprint density at radius 3 is 2.62 bits per heavy atom. The molecule has 0 radical (unpaired) electrons. The smallest absolute Gasteiger partial charge is 0.183 e. The molecule has 4 nitrogen and oxygen atoms in total. The van der Waals surface area contributed by atoms with Gasteiger partial charge in [0, 0.05) is 5.70 Å². The van der Waals surface area contributed by atoms with Crippen LogP contribution in [-0.4, -0.2) is 20.2 Å². The normalized spacial score (nSPS) is 13.1. The molecular weight excluding hydrogens is 166 g/mol. The maximum Gasteiger partial charge on any atom is 0.183 e. The van der Waals surface area contributed by atoms with Crippen LogP contribution in [0.3, 0.4) is 0 Å². The molecule has 76 valence electrons. The van der Waals surface area contributed by atoms with E-state index in [1.165, 1.54) is 0 Å². The van der Waals surface area contributed by atoms with Crippen LogP contribution in [0.1, 0.15) is 13.3 Å². The van der Waals surface area contributed by atoms with Crippen molar-refractivity contribution in [1.82, 2.24) is 5.32 Å². The lowest BCUT2D eigenvalue weighted by Gasteiger charge is -2.04. The monoisotopic (exact) mass is 185 g/mol. The molecule has 0 fully saturated rings. The van der Waals surface area contributed by atoms with Crippen LogP contribution < -0.4 is 16.8 Å². The molecule has 13 heavy (non-hydrogen) atoms. The zero-order valence-electron chi connectivity index (χ0n) is 8.34. The number of hydrogen-bond donors (Lipinski definition) is 3. The van der Waals surface area contributed by atoms with Crippen LogP contribution in [0.25, 0.3) is 0 Å². The zero-order chi connectivity index (χ0) is 10.1. The average molecular weight is 185 g/mol. The number of rotatable bonds is 6. The van der Waals surface area contributed by atoms with Gasteiger partial charge in [0.1, 0.15) is 0 Å². The van der Waals surface area contributed by atoms with E-state index in [0.29, 0.717) is 18.2 Å². The SMILES string of the molecule is CNCCCO/C(N)=C/C=C(/C)N. The van der Waals surface area contributed by atoms with Crippen molar-refractivity contribution in [2.75, 3.05) is 20.2 Å². The Bertz CT molecular complexity index is 183. The topological polar surface area (TPSA) is 73.3 Å². The fourth-order valence-corrected chi connectivity index (χ4v) is 0.701. The number of allylic oxidation sites excluding steroid dienone is 3. The lowest BCUT2D eigenvalue weighted by molar-refractivity contribution is 0.205. The Balaban J connectivity index is 3.55. The second kappa shape index (κ2) is 7.49. The highest BCUT2D eigenvalue weighted by Crippen LogP contribution is 1.92. The van der Waals surface area contributed by atoms with E-state index in [4.69, 9.17) is 16.2 Å². The summed E-state index contributed by atoms with van der Waals surface area (Å²) in [5, 5.41) is 3.02. The predicted molar refractivity (Wildman–Crippen MR) is 54.7 cm³/mol. The summed E-state index contributed by atoms with van der Waals surface area (Å²) in [5.74, 6) is 0.404. The van der Waals surface area contributed by atoms with Crippen molar-refractivity contribution >= 4 is 0 Å². The lowest BCUT2D eigenvalue weighted by Crippen LogP contribution is -2.12. The van der Waals surface area contributed by atoms with E-state index < -0.39 is 0 Å². The van der Waals surface area contributed by atoms with Crippen molar-refractivity contribution < 1.29 is 4.74 Å². The van der Waals surface area contributed by atoms with Crippen molar-refractivity contribution in [3.63, 3.8) is 0 Å². The van der Waals surface area contributed by atoms with E-state index in [0.717, 1.165) is 13.0 Å². The molecule has 0 aromatic carbocycles. The van der Waals surface area contributed by atoms with Crippen LogP contribution in [0.4, 0.5) is 0 Å². The number of nitrogens with one attached hydrogen (secondary N) is 1. The van der Waals surface area contributed by atoms with E-state index in [1.807, 2.05) is 7.05 Å². The number of ether oxygens (including phenoxy) is 1. The fourth-order valence-electron chi connectivity index (χ4n) is 0.701. The molecule has 0 saturated carbocycles. The summed E-state index contributed by atoms with van der Waals surface area (Å²) in [6.45, 7) is 3.35. The van der Waals surface area contributed by atoms with Gasteiger partial charge in [0.05, 0.1) is 6.61 Å². The van der Waals surface area contributed by atoms with Gasteiger partial charge in [-0.15, -0.1) is 0 Å². The van der Waals surface area contributed by atoms with Gasteiger partial charge in [-0.2, -0.15) is 0 Å². The maximum absolute atomic E-state index is 5.52. The van der Waals surface area contributed by atoms with Crippen LogP contribution in [0.15, 0.2) is 23.7 Å². The molecule has 0 atom stereocenters. The summed E-state index contributed by atoms with van der Waals surface area (Å²) in [7, 11) is 1.90. The minimum absolute atomic E-state index is 0.404. The van der Waals surface area contributed by atoms with Gasteiger partial charge in [0.2, 0.25) is 0 Å². The van der Waals surface area contributed by atoms with Crippen molar-refractivity contribution in [2.24, 2.45) is 11.5 Å². The van der Waals surface area contributed by atoms with Gasteiger partial charge in [0.15, 0.2) is 5.88 Å². The largest absolute Gasteiger partial charge is 0.479 e. The van der Waals surface area contributed by atoms with Crippen molar-refractivity contribution in [1.29, 1.82) is 0 Å². The Hall–Kier alpha value is -1.16. The molecule has 0 amide bonds. The summed E-state index contributed by atoms with van der Waals surface area (Å²) in [6.07, 6.45) is 4.32. The van der Waals surface area contributed by atoms with Crippen molar-refractivity contribution in [2.45, 2.75) is 13.3 Å². The standard InChI is InChI=1S/C9H19N3O/c1-8(10)4-5-9(11)13-7-3-6-12-2/h4-5,12H,3,6-7,10-11H2,1-2H3/b8-4-,9-5+. The summed E-state index contributed by atoms with van der Waals surface area (Å²) in [4.78, 5) is 0. The highest BCUT2D eigenvalue weighted by atomic mass is 16.5. The molecule has 0 aromatic rings. The minimum Gasteiger partial charge on any atom is -0.479 e. The van der Waals surface area contributed by atoms with Gasteiger partial charge in [-0.3, -0.25) is 0 Å². The molecule has 5 N–H and O–H groups in total. The lowest BCUT2D eigenvalue weighted by atomic mass is 10.4. The third-order valence-electron chi connectivity index (χ3n) is 1.35. The Labute approximate surface area is 79.6 Å². The first-order valence-electron chi connectivity index (χ1n) is 4.33. The Morgan fingerprint density at radius 1 is 1.38 bits per heavy atom. The first kappa shape index (κ1) is 11.8. The highest BCUT2D eigenvalue weighted by Gasteiger charge is 1.89. The molecule has 4 heteroatoms. The van der Waals surface area contributed by atoms with E-state index in [2.05, 4.69) is 5.32 Å². The molecule has 0 aliphatic carbocycles. The maximum atomic E-state index is 5.52. The van der Waals surface area contributed by atoms with E-state index in [9.17, 15) is 0 Å². The van der Waals surface area contributed by atoms with Crippen molar-refractivity contribution in [3.05, 3.63) is 23.7 Å². The van der Waals surface area contributed by atoms with Crippen LogP contribution in [0.2, 0.25) is 0 Å². The summed E-state index contributed by atoms with van der Waals surface area (Å²) in [5.41, 5.74) is 11.6. The number of hydrogen-bond acceptors (Lipinski definition) is 4. The molecule has 0 rings (SSSR count). The van der Waals surface area contributed by atoms with Gasteiger partial charge < -0.3 is 21.5 Å². The summed E-state index contributed by atoms with van der Waals surface area (Å²) < 4.78 is 5.19. The third-order valence-corrected chi connectivity index (χ3v) is 1.35. The molecule has 0 aliphatic heterocycles. The molecule has 0 spiro atoms. The van der Waals surface area contributed by atoms with Crippen molar-refractivity contribution in [3.8, 4) is 0 Å². The molecule has 0 heterocycles. The zero-order valence-corrected chi connectivity index (χ0v) is 8.34. The summed E-state index contributed by atoms with van der Waals surface area (Å²) in [6, 6.07) is 0. The number of nitrogens with two attached hydrogens (primary N) is 2. The average Bonchev–Trinajstić information content (AvgIpc) is 2.09. The Morgan fingerprint density at radius 2 is 2.08 bits per heavy atom. The fraction of sp³-hybridized carbons (Fsp3) is 0.556. The minimum atomic E-state index is 0.404. The molecule has 0 aromatic heterocycles. The van der Waals surface area contributed by atoms with Crippen LogP contribution in [0, 0.1) is 0 Å².